The van der Waals surface area contributed by atoms with Gasteiger partial charge in [-0.25, -0.2) is 0 Å². The van der Waals surface area contributed by atoms with Crippen LogP contribution in [-0.4, -0.2) is 7.11 Å². The van der Waals surface area contributed by atoms with Crippen molar-refractivity contribution in [2.45, 2.75) is 13.3 Å². The predicted octanol–water partition coefficient (Wildman–Crippen LogP) is -2.15. The van der Waals surface area contributed by atoms with Crippen LogP contribution in [-0.2, 0) is 22.9 Å². The minimum absolute atomic E-state index is 0. The van der Waals surface area contributed by atoms with E-state index in [1.807, 2.05) is 7.11 Å². The third-order valence-electron chi connectivity index (χ3n) is 3.52. The molecule has 0 saturated carbocycles. The Morgan fingerprint density at radius 1 is 1.05 bits per heavy atom. The van der Waals surface area contributed by atoms with Crippen LogP contribution in [0.2, 0.25) is 0 Å². The van der Waals surface area contributed by atoms with Crippen molar-refractivity contribution in [3.05, 3.63) is 59.7 Å². The first-order valence-corrected chi connectivity index (χ1v) is 7.90. The first-order chi connectivity index (χ1) is 9.29. The molecule has 2 aromatic carbocycles. The minimum Gasteiger partial charge on any atom is -1.00 e. The number of hydrogen-bond donors (Lipinski definition) is 0. The SMILES string of the molecule is C[O][Ti+2][c]1c(C2=CC(C)=CC2)ccc2ccccc12.[Cl-].[Cl-]. The molecule has 0 aromatic heterocycles. The van der Waals surface area contributed by atoms with Crippen LogP contribution in [0.1, 0.15) is 18.9 Å². The van der Waals surface area contributed by atoms with Crippen molar-refractivity contribution in [2.75, 3.05) is 7.11 Å². The Morgan fingerprint density at radius 2 is 1.81 bits per heavy atom. The van der Waals surface area contributed by atoms with Crippen LogP contribution in [0.5, 0.6) is 0 Å². The van der Waals surface area contributed by atoms with Gasteiger partial charge in [0, 0.05) is 0 Å². The molecule has 3 rings (SSSR count). The van der Waals surface area contributed by atoms with Crippen LogP contribution < -0.4 is 28.7 Å². The minimum atomic E-state index is -0.534. The molecular formula is C17H16Cl2OTi. The Morgan fingerprint density at radius 3 is 2.48 bits per heavy atom. The van der Waals surface area contributed by atoms with Gasteiger partial charge in [0.05, 0.1) is 0 Å². The number of halogens is 2. The molecule has 1 aliphatic carbocycles. The number of benzene rings is 2. The van der Waals surface area contributed by atoms with E-state index < -0.39 is 19.5 Å². The average molecular weight is 355 g/mol. The van der Waals surface area contributed by atoms with Crippen molar-refractivity contribution in [3.8, 4) is 0 Å². The van der Waals surface area contributed by atoms with Crippen LogP contribution in [0.15, 0.2) is 54.1 Å². The van der Waals surface area contributed by atoms with Crippen molar-refractivity contribution >= 4 is 20.2 Å². The molecule has 0 amide bonds. The van der Waals surface area contributed by atoms with Gasteiger partial charge >= 0.3 is 123 Å². The summed E-state index contributed by atoms with van der Waals surface area (Å²) < 4.78 is 6.97. The average Bonchev–Trinajstić information content (AvgIpc) is 2.86. The van der Waals surface area contributed by atoms with Gasteiger partial charge in [0.15, 0.2) is 0 Å². The van der Waals surface area contributed by atoms with E-state index in [9.17, 15) is 0 Å². The molecule has 0 saturated heterocycles. The summed E-state index contributed by atoms with van der Waals surface area (Å²) in [4.78, 5) is 0. The Hall–Kier alpha value is -0.566. The maximum atomic E-state index is 5.54. The van der Waals surface area contributed by atoms with Gasteiger partial charge in [-0.05, 0) is 0 Å². The molecule has 1 nitrogen and oxygen atoms in total. The third-order valence-corrected chi connectivity index (χ3v) is 5.00. The standard InChI is InChI=1S/C16H13.CH3O.2ClH.Ti/c1-12-6-7-15(10-12)16-9-8-13-4-2-3-5-14(13)11-16;1-2;;;/h2-6,8-10H,7H2,1H3;1H3;2*1H;/q;-1;;;+3/p-2. The van der Waals surface area contributed by atoms with Crippen LogP contribution in [0.3, 0.4) is 0 Å². The first kappa shape index (κ1) is 18.5. The van der Waals surface area contributed by atoms with Gasteiger partial charge < -0.3 is 24.8 Å². The van der Waals surface area contributed by atoms with Crippen molar-refractivity contribution in [1.82, 2.24) is 0 Å². The van der Waals surface area contributed by atoms with Crippen molar-refractivity contribution in [2.24, 2.45) is 0 Å². The first-order valence-electron chi connectivity index (χ1n) is 6.48. The van der Waals surface area contributed by atoms with Crippen LogP contribution in [0.4, 0.5) is 0 Å². The number of rotatable bonds is 3. The van der Waals surface area contributed by atoms with Crippen molar-refractivity contribution < 1.29 is 47.7 Å². The molecule has 0 aliphatic heterocycles. The van der Waals surface area contributed by atoms with E-state index in [2.05, 4.69) is 55.5 Å². The molecule has 21 heavy (non-hydrogen) atoms. The maximum Gasteiger partial charge on any atom is -1.00 e. The van der Waals surface area contributed by atoms with Gasteiger partial charge in [-0.2, -0.15) is 0 Å². The summed E-state index contributed by atoms with van der Waals surface area (Å²) in [5, 5.41) is 2.66. The molecule has 108 valence electrons. The Balaban J connectivity index is 0.00000110. The second-order valence-corrected chi connectivity index (χ2v) is 6.57. The zero-order valence-electron chi connectivity index (χ0n) is 12.0. The molecule has 0 unspecified atom stereocenters. The van der Waals surface area contributed by atoms with E-state index in [1.165, 1.54) is 31.4 Å². The van der Waals surface area contributed by atoms with E-state index >= 15 is 0 Å². The quantitative estimate of drug-likeness (QED) is 0.571. The maximum absolute atomic E-state index is 5.54. The molecule has 1 aliphatic rings. The van der Waals surface area contributed by atoms with Crippen molar-refractivity contribution in [3.63, 3.8) is 0 Å². The van der Waals surface area contributed by atoms with Gasteiger partial charge in [-0.3, -0.25) is 0 Å². The smallest absolute Gasteiger partial charge is 1.00 e. The Labute approximate surface area is 147 Å². The molecule has 0 spiro atoms. The second-order valence-electron chi connectivity index (χ2n) is 4.84. The topological polar surface area (TPSA) is 9.23 Å². The van der Waals surface area contributed by atoms with Gasteiger partial charge in [-0.1, -0.05) is 0 Å². The summed E-state index contributed by atoms with van der Waals surface area (Å²) in [6.07, 6.45) is 5.64. The zero-order valence-corrected chi connectivity index (χ0v) is 15.1. The monoisotopic (exact) mass is 354 g/mol. The molecule has 0 N–H and O–H groups in total. The molecule has 0 bridgehead atoms. The zero-order chi connectivity index (χ0) is 13.2. The molecule has 0 atom stereocenters. The molecular weight excluding hydrogens is 339 g/mol. The summed E-state index contributed by atoms with van der Waals surface area (Å²) >= 11 is -0.534. The summed E-state index contributed by atoms with van der Waals surface area (Å²) in [5.41, 5.74) is 4.18. The van der Waals surface area contributed by atoms with Crippen LogP contribution in [0, 0.1) is 0 Å². The van der Waals surface area contributed by atoms with Gasteiger partial charge in [-0.15, -0.1) is 0 Å². The van der Waals surface area contributed by atoms with Crippen LogP contribution >= 0.6 is 0 Å². The molecule has 4 heteroatoms. The van der Waals surface area contributed by atoms with E-state index in [0.29, 0.717) is 0 Å². The summed E-state index contributed by atoms with van der Waals surface area (Å²) in [6.45, 7) is 2.17. The Kier molecular flexibility index (Phi) is 7.19. The molecule has 0 heterocycles. The summed E-state index contributed by atoms with van der Waals surface area (Å²) in [5.74, 6) is 0. The van der Waals surface area contributed by atoms with Gasteiger partial charge in [0.25, 0.3) is 0 Å². The van der Waals surface area contributed by atoms with Crippen molar-refractivity contribution in [1.29, 1.82) is 0 Å². The number of fused-ring (bicyclic) bond motifs is 1. The number of allylic oxidation sites excluding steroid dienone is 4. The summed E-state index contributed by atoms with van der Waals surface area (Å²) in [6, 6.07) is 13.1. The van der Waals surface area contributed by atoms with Gasteiger partial charge in [0.2, 0.25) is 0 Å². The van der Waals surface area contributed by atoms with E-state index in [1.54, 1.807) is 0 Å². The Bertz CT molecular complexity index is 692. The number of hydrogen-bond acceptors (Lipinski definition) is 1. The fourth-order valence-electron chi connectivity index (χ4n) is 2.60. The van der Waals surface area contributed by atoms with E-state index in [0.717, 1.165) is 6.42 Å². The molecule has 2 aromatic rings. The predicted molar refractivity (Wildman–Crippen MR) is 76.9 cm³/mol. The fourth-order valence-corrected chi connectivity index (χ4v) is 4.00. The van der Waals surface area contributed by atoms with E-state index in [4.69, 9.17) is 3.32 Å². The largest absolute Gasteiger partial charge is 1.00 e. The third kappa shape index (κ3) is 3.80. The van der Waals surface area contributed by atoms with Gasteiger partial charge in [0.1, 0.15) is 0 Å². The van der Waals surface area contributed by atoms with Crippen LogP contribution in [0.25, 0.3) is 16.3 Å². The second kappa shape index (κ2) is 8.17. The normalized spacial score (nSPS) is 12.9. The molecule has 0 radical (unpaired) electrons. The summed E-state index contributed by atoms with van der Waals surface area (Å²) in [7, 11) is 1.82. The van der Waals surface area contributed by atoms with E-state index in [-0.39, 0.29) is 24.8 Å². The fraction of sp³-hybridized carbons (Fsp3) is 0.176. The molecule has 0 fully saturated rings.